The Morgan fingerprint density at radius 3 is 2.58 bits per heavy atom. The number of carboxylic acid groups (broad SMARTS) is 1. The Morgan fingerprint density at radius 1 is 1.37 bits per heavy atom. The molecule has 0 spiro atoms. The lowest BCUT2D eigenvalue weighted by Gasteiger charge is -2.10. The molecule has 0 atom stereocenters. The minimum Gasteiger partial charge on any atom is -0.477 e. The van der Waals surface area contributed by atoms with E-state index >= 15 is 0 Å². The molecule has 0 aliphatic heterocycles. The summed E-state index contributed by atoms with van der Waals surface area (Å²) in [7, 11) is 0. The fraction of sp³-hybridized carbons (Fsp3) is 0.0769. The first-order valence-electron chi connectivity index (χ1n) is 5.32. The fourth-order valence-corrected chi connectivity index (χ4v) is 1.83. The van der Waals surface area contributed by atoms with Gasteiger partial charge in [-0.05, 0) is 6.07 Å². The number of rotatable bonds is 3. The first-order valence-corrected chi connectivity index (χ1v) is 5.32. The minimum absolute atomic E-state index is 0.119. The molecule has 98 valence electrons. The predicted molar refractivity (Wildman–Crippen MR) is 65.3 cm³/mol. The summed E-state index contributed by atoms with van der Waals surface area (Å²) in [6.07, 6.45) is 2.54. The van der Waals surface area contributed by atoms with E-state index in [1.165, 1.54) is 10.6 Å². The van der Waals surface area contributed by atoms with E-state index in [0.717, 1.165) is 12.3 Å². The van der Waals surface area contributed by atoms with Crippen molar-refractivity contribution in [3.8, 4) is 0 Å². The molecule has 0 aliphatic carbocycles. The Balaban J connectivity index is 2.96. The van der Waals surface area contributed by atoms with Crippen LogP contribution in [0.15, 0.2) is 35.8 Å². The second-order valence-electron chi connectivity index (χ2n) is 3.90. The van der Waals surface area contributed by atoms with Crippen LogP contribution >= 0.6 is 0 Å². The Morgan fingerprint density at radius 2 is 2.00 bits per heavy atom. The molecule has 0 aliphatic rings. The van der Waals surface area contributed by atoms with Crippen molar-refractivity contribution in [1.29, 1.82) is 0 Å². The average Bonchev–Trinajstić information content (AvgIpc) is 2.35. The number of aromatic carboxylic acids is 1. The van der Waals surface area contributed by atoms with E-state index in [1.807, 2.05) is 0 Å². The molecule has 0 amide bonds. The Labute approximate surface area is 106 Å². The first-order chi connectivity index (χ1) is 8.95. The number of pyridine rings is 1. The molecule has 1 aromatic heterocycles. The van der Waals surface area contributed by atoms with E-state index in [-0.39, 0.29) is 17.4 Å². The lowest BCUT2D eigenvalue weighted by molar-refractivity contribution is 0.0695. The van der Waals surface area contributed by atoms with Gasteiger partial charge in [-0.15, -0.1) is 6.58 Å². The van der Waals surface area contributed by atoms with Crippen molar-refractivity contribution < 1.29 is 18.7 Å². The van der Waals surface area contributed by atoms with Crippen molar-refractivity contribution in [3.63, 3.8) is 0 Å². The molecule has 19 heavy (non-hydrogen) atoms. The number of hydrogen-bond donors (Lipinski definition) is 1. The zero-order valence-electron chi connectivity index (χ0n) is 9.69. The van der Waals surface area contributed by atoms with Crippen LogP contribution in [0.2, 0.25) is 0 Å². The van der Waals surface area contributed by atoms with Crippen LogP contribution in [-0.2, 0) is 6.54 Å². The van der Waals surface area contributed by atoms with Crippen LogP contribution in [0.4, 0.5) is 8.78 Å². The Hall–Kier alpha value is -2.50. The summed E-state index contributed by atoms with van der Waals surface area (Å²) in [5.41, 5.74) is -1.23. The molecule has 6 heteroatoms. The number of allylic oxidation sites excluding steroid dienone is 1. The van der Waals surface area contributed by atoms with E-state index in [4.69, 9.17) is 5.11 Å². The number of fused-ring (bicyclic) bond motifs is 1. The molecule has 0 radical (unpaired) electrons. The van der Waals surface area contributed by atoms with Gasteiger partial charge in [-0.3, -0.25) is 4.79 Å². The zero-order chi connectivity index (χ0) is 14.2. The van der Waals surface area contributed by atoms with E-state index in [1.54, 1.807) is 0 Å². The van der Waals surface area contributed by atoms with Crippen LogP contribution in [-0.4, -0.2) is 15.6 Å². The van der Waals surface area contributed by atoms with Gasteiger partial charge in [0.2, 0.25) is 5.43 Å². The quantitative estimate of drug-likeness (QED) is 0.865. The number of carbonyl (C=O) groups is 1. The maximum atomic E-state index is 13.2. The highest BCUT2D eigenvalue weighted by Gasteiger charge is 2.16. The maximum absolute atomic E-state index is 13.2. The van der Waals surface area contributed by atoms with Crippen LogP contribution in [0.1, 0.15) is 10.4 Å². The number of carboxylic acids is 1. The molecule has 0 saturated heterocycles. The molecular weight excluding hydrogens is 256 g/mol. The summed E-state index contributed by atoms with van der Waals surface area (Å²) in [4.78, 5) is 22.8. The standard InChI is InChI=1S/C13H9F2NO3/c1-2-3-16-6-8(13(18)19)12(17)7-4-9(14)10(15)5-11(7)16/h2,4-6H,1,3H2,(H,18,19). The molecule has 0 fully saturated rings. The Bertz CT molecular complexity index is 750. The van der Waals surface area contributed by atoms with Gasteiger partial charge >= 0.3 is 5.97 Å². The highest BCUT2D eigenvalue weighted by molar-refractivity contribution is 5.92. The third kappa shape index (κ3) is 2.12. The fourth-order valence-electron chi connectivity index (χ4n) is 1.83. The zero-order valence-corrected chi connectivity index (χ0v) is 9.69. The van der Waals surface area contributed by atoms with Gasteiger partial charge in [0, 0.05) is 24.2 Å². The molecule has 0 bridgehead atoms. The van der Waals surface area contributed by atoms with Crippen LogP contribution in [0, 0.1) is 11.6 Å². The molecule has 0 saturated carbocycles. The van der Waals surface area contributed by atoms with Gasteiger partial charge in [0.05, 0.1) is 5.52 Å². The molecule has 4 nitrogen and oxygen atoms in total. The van der Waals surface area contributed by atoms with Crippen LogP contribution < -0.4 is 5.43 Å². The lowest BCUT2D eigenvalue weighted by atomic mass is 10.1. The molecule has 2 aromatic rings. The van der Waals surface area contributed by atoms with Gasteiger partial charge in [0.1, 0.15) is 5.56 Å². The molecule has 1 N–H and O–H groups in total. The van der Waals surface area contributed by atoms with Crippen molar-refractivity contribution in [2.24, 2.45) is 0 Å². The lowest BCUT2D eigenvalue weighted by Crippen LogP contribution is -2.19. The summed E-state index contributed by atoms with van der Waals surface area (Å²) < 4.78 is 27.7. The van der Waals surface area contributed by atoms with Crippen LogP contribution in [0.3, 0.4) is 0 Å². The van der Waals surface area contributed by atoms with Crippen molar-refractivity contribution in [1.82, 2.24) is 4.57 Å². The number of aromatic nitrogens is 1. The van der Waals surface area contributed by atoms with E-state index < -0.39 is 28.6 Å². The normalized spacial score (nSPS) is 10.6. The largest absolute Gasteiger partial charge is 0.477 e. The van der Waals surface area contributed by atoms with E-state index in [9.17, 15) is 18.4 Å². The van der Waals surface area contributed by atoms with Gasteiger partial charge in [0.15, 0.2) is 11.6 Å². The van der Waals surface area contributed by atoms with Gasteiger partial charge in [-0.1, -0.05) is 6.08 Å². The number of nitrogens with zero attached hydrogens (tertiary/aromatic N) is 1. The minimum atomic E-state index is -1.42. The molecule has 1 aromatic carbocycles. The van der Waals surface area contributed by atoms with Crippen molar-refractivity contribution in [3.05, 3.63) is 58.4 Å². The summed E-state index contributed by atoms with van der Waals surface area (Å²) in [5.74, 6) is -3.72. The molecule has 0 unspecified atom stereocenters. The smallest absolute Gasteiger partial charge is 0.341 e. The van der Waals surface area contributed by atoms with Crippen molar-refractivity contribution in [2.45, 2.75) is 6.54 Å². The predicted octanol–water partition coefficient (Wildman–Crippen LogP) is 2.16. The topological polar surface area (TPSA) is 59.3 Å². The van der Waals surface area contributed by atoms with Gasteiger partial charge < -0.3 is 9.67 Å². The maximum Gasteiger partial charge on any atom is 0.341 e. The summed E-state index contributed by atoms with van der Waals surface area (Å²) in [6, 6.07) is 1.57. The Kier molecular flexibility index (Phi) is 3.16. The number of hydrogen-bond acceptors (Lipinski definition) is 2. The first kappa shape index (κ1) is 12.9. The highest BCUT2D eigenvalue weighted by atomic mass is 19.2. The second kappa shape index (κ2) is 4.64. The summed E-state index contributed by atoms with van der Waals surface area (Å²) >= 11 is 0. The number of benzene rings is 1. The second-order valence-corrected chi connectivity index (χ2v) is 3.90. The third-order valence-corrected chi connectivity index (χ3v) is 2.68. The SMILES string of the molecule is C=CCn1cc(C(=O)O)c(=O)c2cc(F)c(F)cc21. The van der Waals surface area contributed by atoms with Gasteiger partial charge in [-0.25, -0.2) is 13.6 Å². The highest BCUT2D eigenvalue weighted by Crippen LogP contribution is 2.17. The molecule has 1 heterocycles. The third-order valence-electron chi connectivity index (χ3n) is 2.68. The molecular formula is C13H9F2NO3. The monoisotopic (exact) mass is 265 g/mol. The van der Waals surface area contributed by atoms with Crippen molar-refractivity contribution in [2.75, 3.05) is 0 Å². The van der Waals surface area contributed by atoms with E-state index in [0.29, 0.717) is 6.07 Å². The molecule has 2 rings (SSSR count). The van der Waals surface area contributed by atoms with Crippen LogP contribution in [0.5, 0.6) is 0 Å². The number of halogens is 2. The van der Waals surface area contributed by atoms with Gasteiger partial charge in [-0.2, -0.15) is 0 Å². The van der Waals surface area contributed by atoms with Gasteiger partial charge in [0.25, 0.3) is 0 Å². The average molecular weight is 265 g/mol. The van der Waals surface area contributed by atoms with E-state index in [2.05, 4.69) is 6.58 Å². The summed E-state index contributed by atoms with van der Waals surface area (Å²) in [6.45, 7) is 3.65. The van der Waals surface area contributed by atoms with Crippen LogP contribution in [0.25, 0.3) is 10.9 Å². The summed E-state index contributed by atoms with van der Waals surface area (Å²) in [5, 5.41) is 8.75. The van der Waals surface area contributed by atoms with Crippen molar-refractivity contribution >= 4 is 16.9 Å².